The van der Waals surface area contributed by atoms with Gasteiger partial charge in [-0.15, -0.1) is 5.10 Å². The first-order valence-electron chi connectivity index (χ1n) is 9.79. The number of nitrogens with zero attached hydrogens (tertiary/aromatic N) is 6. The quantitative estimate of drug-likeness (QED) is 0.289. The molecule has 0 aliphatic carbocycles. The van der Waals surface area contributed by atoms with Crippen molar-refractivity contribution < 1.29 is 23.6 Å². The molecule has 3 N–H and O–H groups in total. The molecule has 13 heteroatoms. The molecule has 0 unspecified atom stereocenters. The number of ether oxygens (including phenoxy) is 3. The summed E-state index contributed by atoms with van der Waals surface area (Å²) in [6.45, 7) is 0. The number of hydrazone groups is 1. The van der Waals surface area contributed by atoms with Crippen LogP contribution in [-0.4, -0.2) is 58.8 Å². The molecule has 0 atom stereocenters. The van der Waals surface area contributed by atoms with Crippen molar-refractivity contribution in [3.8, 4) is 34.3 Å². The smallest absolute Gasteiger partial charge is 0.294 e. The Morgan fingerprint density at radius 2 is 1.91 bits per heavy atom. The average molecular weight is 464 g/mol. The normalized spacial score (nSPS) is 10.9. The Morgan fingerprint density at radius 3 is 2.62 bits per heavy atom. The predicted octanol–water partition coefficient (Wildman–Crippen LogP) is 1.69. The largest absolute Gasteiger partial charge is 0.497 e. The number of methoxy groups -OCH3 is 3. The van der Waals surface area contributed by atoms with E-state index in [0.29, 0.717) is 34.1 Å². The van der Waals surface area contributed by atoms with E-state index >= 15 is 0 Å². The second-order valence-electron chi connectivity index (χ2n) is 6.72. The van der Waals surface area contributed by atoms with Crippen LogP contribution >= 0.6 is 0 Å². The second-order valence-corrected chi connectivity index (χ2v) is 6.72. The first kappa shape index (κ1) is 22.3. The van der Waals surface area contributed by atoms with Crippen molar-refractivity contribution in [2.24, 2.45) is 5.10 Å². The standard InChI is InChI=1S/C21H20N8O5/c1-31-14-6-4-5-13(10-14)18-17(24-28-29(18)20-19(22)26-34-27-20)21(30)25-23-11-12-7-8-15(32-2)16(9-12)33-3/h4-11H,1-3H3,(H2,22,26)(H,25,30). The molecule has 2 aromatic heterocycles. The summed E-state index contributed by atoms with van der Waals surface area (Å²) >= 11 is 0. The maximum atomic E-state index is 13.0. The SMILES string of the molecule is COc1cccc(-c2c(C(=O)NN=Cc3ccc(OC)c(OC)c3)nnn2-c2nonc2N)c1. The maximum Gasteiger partial charge on any atom is 0.294 e. The fraction of sp³-hybridized carbons (Fsp3) is 0.143. The van der Waals surface area contributed by atoms with Gasteiger partial charge in [0.15, 0.2) is 17.2 Å². The zero-order chi connectivity index (χ0) is 24.1. The lowest BCUT2D eigenvalue weighted by atomic mass is 10.1. The Morgan fingerprint density at radius 1 is 1.09 bits per heavy atom. The number of benzene rings is 2. The minimum atomic E-state index is -0.615. The van der Waals surface area contributed by atoms with Crippen molar-refractivity contribution in [1.82, 2.24) is 30.7 Å². The first-order valence-corrected chi connectivity index (χ1v) is 9.79. The summed E-state index contributed by atoms with van der Waals surface area (Å²) in [6, 6.07) is 12.2. The second kappa shape index (κ2) is 9.68. The van der Waals surface area contributed by atoms with Crippen LogP contribution in [0.15, 0.2) is 52.2 Å². The minimum absolute atomic E-state index is 0.0209. The Kier molecular flexibility index (Phi) is 6.34. The van der Waals surface area contributed by atoms with Gasteiger partial charge in [-0.2, -0.15) is 9.78 Å². The lowest BCUT2D eigenvalue weighted by Gasteiger charge is -2.08. The summed E-state index contributed by atoms with van der Waals surface area (Å²) < 4.78 is 21.7. The molecule has 34 heavy (non-hydrogen) atoms. The highest BCUT2D eigenvalue weighted by Crippen LogP contribution is 2.29. The summed E-state index contributed by atoms with van der Waals surface area (Å²) in [5.74, 6) is 1.11. The van der Waals surface area contributed by atoms with Gasteiger partial charge in [-0.05, 0) is 46.2 Å². The molecule has 174 valence electrons. The molecule has 2 aromatic carbocycles. The van der Waals surface area contributed by atoms with Crippen molar-refractivity contribution in [1.29, 1.82) is 0 Å². The molecule has 13 nitrogen and oxygen atoms in total. The number of nitrogens with one attached hydrogen (secondary N) is 1. The third-order valence-corrected chi connectivity index (χ3v) is 4.71. The third-order valence-electron chi connectivity index (χ3n) is 4.71. The van der Waals surface area contributed by atoms with Gasteiger partial charge in [-0.25, -0.2) is 10.1 Å². The van der Waals surface area contributed by atoms with E-state index in [4.69, 9.17) is 19.9 Å². The van der Waals surface area contributed by atoms with E-state index in [1.54, 1.807) is 49.6 Å². The van der Waals surface area contributed by atoms with Crippen molar-refractivity contribution in [3.05, 3.63) is 53.7 Å². The maximum absolute atomic E-state index is 13.0. The van der Waals surface area contributed by atoms with Crippen LogP contribution in [0.2, 0.25) is 0 Å². The van der Waals surface area contributed by atoms with Crippen molar-refractivity contribution in [2.45, 2.75) is 0 Å². The molecule has 1 amide bonds. The molecule has 0 saturated carbocycles. The van der Waals surface area contributed by atoms with E-state index in [1.807, 2.05) is 0 Å². The van der Waals surface area contributed by atoms with Crippen LogP contribution in [0.4, 0.5) is 5.82 Å². The predicted molar refractivity (Wildman–Crippen MR) is 120 cm³/mol. The van der Waals surface area contributed by atoms with Crippen molar-refractivity contribution >= 4 is 17.9 Å². The molecule has 0 aliphatic heterocycles. The number of anilines is 1. The number of carbonyl (C=O) groups excluding carboxylic acids is 1. The molecule has 2 heterocycles. The van der Waals surface area contributed by atoms with Gasteiger partial charge in [0.1, 0.15) is 11.4 Å². The Hall–Kier alpha value is -4.94. The van der Waals surface area contributed by atoms with Crippen LogP contribution in [0.5, 0.6) is 17.2 Å². The summed E-state index contributed by atoms with van der Waals surface area (Å²) in [4.78, 5) is 13.0. The molecule has 0 spiro atoms. The number of carbonyl (C=O) groups is 1. The van der Waals surface area contributed by atoms with Gasteiger partial charge >= 0.3 is 0 Å². The Labute approximate surface area is 193 Å². The third kappa shape index (κ3) is 4.34. The number of rotatable bonds is 8. The summed E-state index contributed by atoms with van der Waals surface area (Å²) in [5, 5.41) is 19.4. The lowest BCUT2D eigenvalue weighted by molar-refractivity contribution is 0.0950. The van der Waals surface area contributed by atoms with E-state index in [0.717, 1.165) is 0 Å². The highest BCUT2D eigenvalue weighted by atomic mass is 16.6. The Balaban J connectivity index is 1.66. The van der Waals surface area contributed by atoms with Gasteiger partial charge in [0.05, 0.1) is 27.5 Å². The number of nitrogens with two attached hydrogens (primary N) is 1. The van der Waals surface area contributed by atoms with E-state index in [1.165, 1.54) is 25.1 Å². The van der Waals surface area contributed by atoms with Crippen LogP contribution in [0.3, 0.4) is 0 Å². The Bertz CT molecular complexity index is 1350. The van der Waals surface area contributed by atoms with E-state index in [-0.39, 0.29) is 17.3 Å². The minimum Gasteiger partial charge on any atom is -0.497 e. The highest BCUT2D eigenvalue weighted by molar-refractivity contribution is 5.99. The summed E-state index contributed by atoms with van der Waals surface area (Å²) in [5.41, 5.74) is 9.78. The molecule has 4 aromatic rings. The van der Waals surface area contributed by atoms with Gasteiger partial charge in [0.2, 0.25) is 11.6 Å². The number of nitrogen functional groups attached to an aromatic ring is 1. The van der Waals surface area contributed by atoms with Crippen LogP contribution in [0, 0.1) is 0 Å². The van der Waals surface area contributed by atoms with Gasteiger partial charge in [-0.3, -0.25) is 4.79 Å². The van der Waals surface area contributed by atoms with Gasteiger partial charge in [0, 0.05) is 5.56 Å². The fourth-order valence-corrected chi connectivity index (χ4v) is 3.10. The monoisotopic (exact) mass is 464 g/mol. The molecular formula is C21H20N8O5. The van der Waals surface area contributed by atoms with Crippen molar-refractivity contribution in [3.63, 3.8) is 0 Å². The number of aromatic nitrogens is 5. The van der Waals surface area contributed by atoms with Crippen molar-refractivity contribution in [2.75, 3.05) is 27.1 Å². The van der Waals surface area contributed by atoms with Gasteiger partial charge < -0.3 is 19.9 Å². The summed E-state index contributed by atoms with van der Waals surface area (Å²) in [6.07, 6.45) is 1.45. The zero-order valence-electron chi connectivity index (χ0n) is 18.4. The average Bonchev–Trinajstić information content (AvgIpc) is 3.49. The van der Waals surface area contributed by atoms with E-state index in [2.05, 4.69) is 35.8 Å². The van der Waals surface area contributed by atoms with Crippen LogP contribution in [0.25, 0.3) is 17.1 Å². The van der Waals surface area contributed by atoms with Crippen LogP contribution in [0.1, 0.15) is 16.1 Å². The molecule has 4 rings (SSSR count). The number of hydrogen-bond acceptors (Lipinski definition) is 11. The van der Waals surface area contributed by atoms with Crippen LogP contribution < -0.4 is 25.4 Å². The molecule has 0 radical (unpaired) electrons. The van der Waals surface area contributed by atoms with Crippen LogP contribution in [-0.2, 0) is 0 Å². The number of hydrogen-bond donors (Lipinski definition) is 2. The first-order chi connectivity index (χ1) is 16.5. The number of amides is 1. The molecular weight excluding hydrogens is 444 g/mol. The zero-order valence-corrected chi connectivity index (χ0v) is 18.4. The highest BCUT2D eigenvalue weighted by Gasteiger charge is 2.25. The van der Waals surface area contributed by atoms with E-state index < -0.39 is 5.91 Å². The van der Waals surface area contributed by atoms with Gasteiger partial charge in [-0.1, -0.05) is 17.3 Å². The van der Waals surface area contributed by atoms with E-state index in [9.17, 15) is 4.79 Å². The topological polar surface area (TPSA) is 165 Å². The molecule has 0 fully saturated rings. The lowest BCUT2D eigenvalue weighted by Crippen LogP contribution is -2.19. The molecule has 0 saturated heterocycles. The molecule has 0 aliphatic rings. The molecule has 0 bridgehead atoms. The fourth-order valence-electron chi connectivity index (χ4n) is 3.10. The van der Waals surface area contributed by atoms with Gasteiger partial charge in [0.25, 0.3) is 5.91 Å². The summed E-state index contributed by atoms with van der Waals surface area (Å²) in [7, 11) is 4.60.